The number of benzene rings is 1. The minimum atomic E-state index is -2.77. The predicted molar refractivity (Wildman–Crippen MR) is 111 cm³/mol. The van der Waals surface area contributed by atoms with Crippen LogP contribution >= 0.6 is 0 Å². The number of carbonyl (C=O) groups is 1. The van der Waals surface area contributed by atoms with Crippen molar-refractivity contribution >= 4 is 11.7 Å². The van der Waals surface area contributed by atoms with E-state index in [1.807, 2.05) is 42.5 Å². The van der Waals surface area contributed by atoms with E-state index in [4.69, 9.17) is 0 Å². The number of hydrogen-bond acceptors (Lipinski definition) is 5. The van der Waals surface area contributed by atoms with Gasteiger partial charge < -0.3 is 9.80 Å². The maximum absolute atomic E-state index is 13.2. The third-order valence-corrected chi connectivity index (χ3v) is 6.11. The summed E-state index contributed by atoms with van der Waals surface area (Å²) in [7, 11) is 1.54. The lowest BCUT2D eigenvalue weighted by Crippen LogP contribution is -2.33. The Labute approximate surface area is 178 Å². The minimum absolute atomic E-state index is 0.00306. The van der Waals surface area contributed by atoms with Gasteiger partial charge in [-0.3, -0.25) is 9.48 Å². The molecule has 2 aromatic heterocycles. The molecule has 0 spiro atoms. The second-order valence-electron chi connectivity index (χ2n) is 8.18. The Bertz CT molecular complexity index is 1070. The number of anilines is 1. The fraction of sp³-hybridized carbons (Fsp3) is 0.364. The molecule has 1 aromatic carbocycles. The van der Waals surface area contributed by atoms with Crippen LogP contribution in [0.15, 0.2) is 48.7 Å². The molecule has 2 unspecified atom stereocenters. The second kappa shape index (κ2) is 7.72. The first kappa shape index (κ1) is 19.6. The van der Waals surface area contributed by atoms with Crippen molar-refractivity contribution in [2.75, 3.05) is 31.1 Å². The van der Waals surface area contributed by atoms with Crippen LogP contribution in [0.3, 0.4) is 0 Å². The predicted octanol–water partition coefficient (Wildman–Crippen LogP) is 3.02. The van der Waals surface area contributed by atoms with Crippen LogP contribution in [0.5, 0.6) is 0 Å². The van der Waals surface area contributed by atoms with E-state index in [1.54, 1.807) is 11.9 Å². The maximum Gasteiger partial charge on any atom is 0.282 e. The van der Waals surface area contributed by atoms with Crippen molar-refractivity contribution in [1.82, 2.24) is 24.9 Å². The molecular formula is C22H22F2N6O. The van der Waals surface area contributed by atoms with Gasteiger partial charge in [0.25, 0.3) is 12.3 Å². The number of nitrogens with zero attached hydrogens (tertiary/aromatic N) is 6. The number of likely N-dealkylation sites (tertiary alicyclic amines) is 1. The quantitative estimate of drug-likeness (QED) is 0.644. The van der Waals surface area contributed by atoms with Crippen LogP contribution in [0, 0.1) is 11.8 Å². The Hall–Kier alpha value is -3.36. The Balaban J connectivity index is 1.25. The highest BCUT2D eigenvalue weighted by Gasteiger charge is 2.43. The third-order valence-electron chi connectivity index (χ3n) is 6.11. The Kier molecular flexibility index (Phi) is 4.88. The molecule has 2 atom stereocenters. The number of fused-ring (bicyclic) bond motifs is 1. The lowest BCUT2D eigenvalue weighted by molar-refractivity contribution is 0.0769. The summed E-state index contributed by atoms with van der Waals surface area (Å²) in [5.41, 5.74) is 1.40. The summed E-state index contributed by atoms with van der Waals surface area (Å²) < 4.78 is 27.7. The van der Waals surface area contributed by atoms with Crippen molar-refractivity contribution in [3.05, 3.63) is 59.9 Å². The van der Waals surface area contributed by atoms with Crippen LogP contribution in [0.1, 0.15) is 22.5 Å². The van der Waals surface area contributed by atoms with Crippen molar-refractivity contribution in [1.29, 1.82) is 0 Å². The summed E-state index contributed by atoms with van der Waals surface area (Å²) in [6, 6.07) is 13.8. The van der Waals surface area contributed by atoms with Gasteiger partial charge in [0.1, 0.15) is 5.69 Å². The molecule has 160 valence electrons. The molecule has 7 nitrogen and oxygen atoms in total. The minimum Gasteiger partial charge on any atom is -0.354 e. The lowest BCUT2D eigenvalue weighted by atomic mass is 10.0. The monoisotopic (exact) mass is 424 g/mol. The van der Waals surface area contributed by atoms with Gasteiger partial charge in [0.15, 0.2) is 5.82 Å². The van der Waals surface area contributed by atoms with Crippen LogP contribution in [0.25, 0.3) is 11.3 Å². The molecule has 5 rings (SSSR count). The highest BCUT2D eigenvalue weighted by atomic mass is 19.3. The first-order chi connectivity index (χ1) is 15.0. The molecule has 3 aromatic rings. The largest absolute Gasteiger partial charge is 0.354 e. The molecule has 0 aliphatic carbocycles. The standard InChI is InChI=1S/C22H22F2N6O/c1-28-13-17(20(27-28)21(23)24)22(31)30-11-15-9-29(10-16(15)12-30)19-8-7-18(25-26-19)14-5-3-2-4-6-14/h2-8,13,15-16,21H,9-12H2,1H3. The van der Waals surface area contributed by atoms with Crippen LogP contribution in [0.2, 0.25) is 0 Å². The molecule has 1 amide bonds. The maximum atomic E-state index is 13.2. The molecule has 2 fully saturated rings. The van der Waals surface area contributed by atoms with Gasteiger partial charge in [-0.15, -0.1) is 10.2 Å². The summed E-state index contributed by atoms with van der Waals surface area (Å²) in [5.74, 6) is 1.02. The molecule has 9 heteroatoms. The number of halogens is 2. The first-order valence-corrected chi connectivity index (χ1v) is 10.2. The number of aromatic nitrogens is 4. The summed E-state index contributed by atoms with van der Waals surface area (Å²) in [4.78, 5) is 16.7. The van der Waals surface area contributed by atoms with E-state index in [2.05, 4.69) is 20.2 Å². The smallest absolute Gasteiger partial charge is 0.282 e. The van der Waals surface area contributed by atoms with E-state index in [-0.39, 0.29) is 23.3 Å². The molecule has 31 heavy (non-hydrogen) atoms. The fourth-order valence-corrected chi connectivity index (χ4v) is 4.60. The average Bonchev–Trinajstić information content (AvgIpc) is 3.47. The summed E-state index contributed by atoms with van der Waals surface area (Å²) >= 11 is 0. The van der Waals surface area contributed by atoms with Crippen LogP contribution in [-0.4, -0.2) is 57.0 Å². The zero-order chi connectivity index (χ0) is 21.5. The van der Waals surface area contributed by atoms with E-state index < -0.39 is 12.1 Å². The van der Waals surface area contributed by atoms with Gasteiger partial charge >= 0.3 is 0 Å². The molecule has 2 aliphatic heterocycles. The van der Waals surface area contributed by atoms with Crippen LogP contribution in [0.4, 0.5) is 14.6 Å². The number of aryl methyl sites for hydroxylation is 1. The first-order valence-electron chi connectivity index (χ1n) is 10.2. The van der Waals surface area contributed by atoms with Gasteiger partial charge in [-0.25, -0.2) is 8.78 Å². The van der Waals surface area contributed by atoms with E-state index in [9.17, 15) is 13.6 Å². The van der Waals surface area contributed by atoms with Gasteiger partial charge in [-0.2, -0.15) is 5.10 Å². The fourth-order valence-electron chi connectivity index (χ4n) is 4.60. The molecule has 2 saturated heterocycles. The Morgan fingerprint density at radius 1 is 1.00 bits per heavy atom. The summed E-state index contributed by atoms with van der Waals surface area (Å²) in [6.07, 6.45) is -1.39. The normalized spacial score (nSPS) is 20.5. The SMILES string of the molecule is Cn1cc(C(=O)N2CC3CN(c4ccc(-c5ccccc5)nn4)CC3C2)c(C(F)F)n1. The number of rotatable bonds is 4. The molecule has 0 radical (unpaired) electrons. The molecule has 0 N–H and O–H groups in total. The number of amides is 1. The average molecular weight is 424 g/mol. The van der Waals surface area contributed by atoms with Crippen LogP contribution in [-0.2, 0) is 7.05 Å². The van der Waals surface area contributed by atoms with Gasteiger partial charge in [-0.1, -0.05) is 30.3 Å². The van der Waals surface area contributed by atoms with Crippen LogP contribution < -0.4 is 4.90 Å². The summed E-state index contributed by atoms with van der Waals surface area (Å²) in [6.45, 7) is 2.63. The Morgan fingerprint density at radius 3 is 2.32 bits per heavy atom. The zero-order valence-corrected chi connectivity index (χ0v) is 17.0. The Morgan fingerprint density at radius 2 is 1.71 bits per heavy atom. The molecule has 4 heterocycles. The van der Waals surface area contributed by atoms with Gasteiger partial charge in [0.2, 0.25) is 0 Å². The van der Waals surface area contributed by atoms with Crippen molar-refractivity contribution < 1.29 is 13.6 Å². The molecular weight excluding hydrogens is 402 g/mol. The number of hydrogen-bond donors (Lipinski definition) is 0. The zero-order valence-electron chi connectivity index (χ0n) is 17.0. The van der Waals surface area contributed by atoms with Crippen molar-refractivity contribution in [2.45, 2.75) is 6.43 Å². The van der Waals surface area contributed by atoms with Crippen molar-refractivity contribution in [3.8, 4) is 11.3 Å². The van der Waals surface area contributed by atoms with E-state index >= 15 is 0 Å². The highest BCUT2D eigenvalue weighted by molar-refractivity contribution is 5.95. The highest BCUT2D eigenvalue weighted by Crippen LogP contribution is 2.35. The number of carbonyl (C=O) groups excluding carboxylic acids is 1. The summed E-state index contributed by atoms with van der Waals surface area (Å²) in [5, 5.41) is 12.5. The number of alkyl halides is 2. The van der Waals surface area contributed by atoms with Gasteiger partial charge in [-0.05, 0) is 12.1 Å². The van der Waals surface area contributed by atoms with Gasteiger partial charge in [0, 0.05) is 56.8 Å². The van der Waals surface area contributed by atoms with Crippen molar-refractivity contribution in [3.63, 3.8) is 0 Å². The van der Waals surface area contributed by atoms with Gasteiger partial charge in [0.05, 0.1) is 11.3 Å². The topological polar surface area (TPSA) is 67.2 Å². The molecule has 0 saturated carbocycles. The van der Waals surface area contributed by atoms with E-state index in [0.29, 0.717) is 13.1 Å². The van der Waals surface area contributed by atoms with Crippen molar-refractivity contribution in [2.24, 2.45) is 18.9 Å². The third kappa shape index (κ3) is 3.64. The second-order valence-corrected chi connectivity index (χ2v) is 8.18. The molecule has 2 aliphatic rings. The molecule has 0 bridgehead atoms. The lowest BCUT2D eigenvalue weighted by Gasteiger charge is -2.22. The van der Waals surface area contributed by atoms with E-state index in [1.165, 1.54) is 10.9 Å². The van der Waals surface area contributed by atoms with E-state index in [0.717, 1.165) is 30.2 Å².